The summed E-state index contributed by atoms with van der Waals surface area (Å²) in [5.74, 6) is 0. The molecular weight excluding hydrogens is 215 g/mol. The number of hydrogen-bond donors (Lipinski definition) is 1. The van der Waals surface area contributed by atoms with Gasteiger partial charge in [0, 0.05) is 6.21 Å². The Morgan fingerprint density at radius 1 is 1.88 bits per heavy atom. The van der Waals surface area contributed by atoms with Gasteiger partial charge in [-0.3, -0.25) is 4.99 Å². The minimum atomic E-state index is 0.715. The monoisotopic (exact) mass is 224 g/mol. The Morgan fingerprint density at radius 3 is 2.88 bits per heavy atom. The molecule has 46 valence electrons. The molecule has 0 rings (SSSR count). The molecule has 0 spiro atoms. The van der Waals surface area contributed by atoms with E-state index in [1.54, 1.807) is 6.20 Å². The first-order chi connectivity index (χ1) is 3.77. The van der Waals surface area contributed by atoms with Gasteiger partial charge in [0.05, 0.1) is 9.90 Å². The molecule has 0 aromatic rings. The fourth-order valence-corrected chi connectivity index (χ4v) is 0.390. The molecule has 0 fully saturated rings. The van der Waals surface area contributed by atoms with Crippen molar-refractivity contribution >= 4 is 28.8 Å². The molecule has 0 aromatic heterocycles. The van der Waals surface area contributed by atoms with Gasteiger partial charge in [-0.1, -0.05) is 6.92 Å². The van der Waals surface area contributed by atoms with Crippen LogP contribution in [0.2, 0.25) is 0 Å². The van der Waals surface area contributed by atoms with Gasteiger partial charge >= 0.3 is 0 Å². The maximum atomic E-state index is 5.27. The van der Waals surface area contributed by atoms with E-state index in [4.69, 9.17) is 5.73 Å². The number of nitrogens with zero attached hydrogens (tertiary/aromatic N) is 1. The topological polar surface area (TPSA) is 38.4 Å². The van der Waals surface area contributed by atoms with Crippen molar-refractivity contribution in [3.63, 3.8) is 0 Å². The second-order valence-electron chi connectivity index (χ2n) is 1.25. The van der Waals surface area contributed by atoms with Gasteiger partial charge in [-0.15, -0.1) is 0 Å². The number of nitrogens with two attached hydrogens (primary N) is 1. The molecule has 3 heteroatoms. The molecule has 0 aromatic carbocycles. The van der Waals surface area contributed by atoms with E-state index >= 15 is 0 Å². The lowest BCUT2D eigenvalue weighted by Crippen LogP contribution is -1.83. The molecule has 0 radical (unpaired) electrons. The predicted molar refractivity (Wildman–Crippen MR) is 45.1 cm³/mol. The average Bonchev–Trinajstić information content (AvgIpc) is 1.66. The van der Waals surface area contributed by atoms with Crippen LogP contribution in [0.4, 0.5) is 0 Å². The minimum absolute atomic E-state index is 0.715. The summed E-state index contributed by atoms with van der Waals surface area (Å²) in [4.78, 5) is 3.87. The molecule has 0 unspecified atom stereocenters. The Hall–Kier alpha value is -0.0600. The number of hydrogen-bond acceptors (Lipinski definition) is 2. The van der Waals surface area contributed by atoms with Crippen molar-refractivity contribution < 1.29 is 0 Å². The third-order valence-corrected chi connectivity index (χ3v) is 0.764. The zero-order valence-electron chi connectivity index (χ0n) is 4.76. The standard InChI is InChI=1S/C5H9IN2/c1-2-3-8-4-5(6)7/h3-4H,2,7H2,1H3/b5-4-,8-3-. The van der Waals surface area contributed by atoms with E-state index in [2.05, 4.69) is 4.99 Å². The maximum Gasteiger partial charge on any atom is 0.0891 e. The smallest absolute Gasteiger partial charge is 0.0891 e. The van der Waals surface area contributed by atoms with E-state index in [0.29, 0.717) is 3.70 Å². The quantitative estimate of drug-likeness (QED) is 0.432. The summed E-state index contributed by atoms with van der Waals surface area (Å²) < 4.78 is 0.715. The molecule has 0 heterocycles. The van der Waals surface area contributed by atoms with Crippen LogP contribution in [0.15, 0.2) is 14.9 Å². The first-order valence-electron chi connectivity index (χ1n) is 2.40. The highest BCUT2D eigenvalue weighted by Crippen LogP contribution is 1.93. The van der Waals surface area contributed by atoms with E-state index < -0.39 is 0 Å². The molecule has 0 saturated heterocycles. The van der Waals surface area contributed by atoms with Crippen LogP contribution in [0.25, 0.3) is 0 Å². The first-order valence-corrected chi connectivity index (χ1v) is 3.48. The van der Waals surface area contributed by atoms with E-state index in [0.717, 1.165) is 6.42 Å². The Balaban J connectivity index is 3.42. The number of rotatable bonds is 2. The molecule has 0 aliphatic carbocycles. The van der Waals surface area contributed by atoms with Crippen molar-refractivity contribution in [1.29, 1.82) is 0 Å². The zero-order valence-corrected chi connectivity index (χ0v) is 6.92. The molecule has 0 atom stereocenters. The van der Waals surface area contributed by atoms with Crippen molar-refractivity contribution in [2.45, 2.75) is 13.3 Å². The van der Waals surface area contributed by atoms with Gasteiger partial charge in [0.1, 0.15) is 0 Å². The molecule has 0 saturated carbocycles. The largest absolute Gasteiger partial charge is 0.393 e. The molecule has 0 aliphatic heterocycles. The van der Waals surface area contributed by atoms with E-state index in [1.165, 1.54) is 0 Å². The Labute approximate surface area is 63.0 Å². The van der Waals surface area contributed by atoms with Crippen LogP contribution < -0.4 is 5.73 Å². The van der Waals surface area contributed by atoms with Crippen molar-refractivity contribution in [1.82, 2.24) is 0 Å². The third kappa shape index (κ3) is 5.94. The van der Waals surface area contributed by atoms with Gasteiger partial charge in [-0.25, -0.2) is 0 Å². The summed E-state index contributed by atoms with van der Waals surface area (Å²) in [5, 5.41) is 0. The lowest BCUT2D eigenvalue weighted by atomic mass is 10.5. The van der Waals surface area contributed by atoms with Crippen LogP contribution in [0.5, 0.6) is 0 Å². The van der Waals surface area contributed by atoms with Crippen molar-refractivity contribution in [2.24, 2.45) is 10.7 Å². The van der Waals surface area contributed by atoms with Crippen LogP contribution in [0.3, 0.4) is 0 Å². The van der Waals surface area contributed by atoms with E-state index in [-0.39, 0.29) is 0 Å². The Bertz CT molecular complexity index is 103. The van der Waals surface area contributed by atoms with Gasteiger partial charge in [0.25, 0.3) is 0 Å². The summed E-state index contributed by atoms with van der Waals surface area (Å²) in [6, 6.07) is 0. The highest BCUT2D eigenvalue weighted by molar-refractivity contribution is 14.1. The van der Waals surface area contributed by atoms with Gasteiger partial charge in [-0.05, 0) is 29.0 Å². The lowest BCUT2D eigenvalue weighted by Gasteiger charge is -1.79. The summed E-state index contributed by atoms with van der Waals surface area (Å²) in [6.07, 6.45) is 4.40. The summed E-state index contributed by atoms with van der Waals surface area (Å²) in [5.41, 5.74) is 5.27. The molecular formula is C5H9IN2. The molecule has 2 N–H and O–H groups in total. The second kappa shape index (κ2) is 5.08. The second-order valence-corrected chi connectivity index (χ2v) is 2.50. The van der Waals surface area contributed by atoms with Crippen molar-refractivity contribution in [3.05, 3.63) is 9.90 Å². The van der Waals surface area contributed by atoms with Crippen molar-refractivity contribution in [3.8, 4) is 0 Å². The van der Waals surface area contributed by atoms with Gasteiger partial charge < -0.3 is 5.73 Å². The lowest BCUT2D eigenvalue weighted by molar-refractivity contribution is 1.31. The average molecular weight is 224 g/mol. The van der Waals surface area contributed by atoms with Gasteiger partial charge in [0.2, 0.25) is 0 Å². The first kappa shape index (κ1) is 7.94. The van der Waals surface area contributed by atoms with Crippen LogP contribution >= 0.6 is 22.6 Å². The van der Waals surface area contributed by atoms with Crippen LogP contribution in [0.1, 0.15) is 13.3 Å². The van der Waals surface area contributed by atoms with Crippen LogP contribution in [0, 0.1) is 0 Å². The number of halogens is 1. The Kier molecular flexibility index (Phi) is 5.05. The SMILES string of the molecule is CC/C=N\C=C(/N)I. The summed E-state index contributed by atoms with van der Waals surface area (Å²) in [7, 11) is 0. The Morgan fingerprint density at radius 2 is 2.50 bits per heavy atom. The molecule has 2 nitrogen and oxygen atoms in total. The summed E-state index contributed by atoms with van der Waals surface area (Å²) in [6.45, 7) is 2.03. The van der Waals surface area contributed by atoms with Crippen LogP contribution in [-0.4, -0.2) is 6.21 Å². The van der Waals surface area contributed by atoms with Gasteiger partial charge in [0.15, 0.2) is 0 Å². The normalized spacial score (nSPS) is 13.0. The fourth-order valence-electron chi connectivity index (χ4n) is 0.229. The van der Waals surface area contributed by atoms with Crippen LogP contribution in [-0.2, 0) is 0 Å². The van der Waals surface area contributed by atoms with E-state index in [1.807, 2.05) is 35.7 Å². The molecule has 0 amide bonds. The highest BCUT2D eigenvalue weighted by Gasteiger charge is 1.70. The molecule has 0 aliphatic rings. The number of aliphatic imine (C=N–C) groups is 1. The maximum absolute atomic E-state index is 5.27. The molecule has 0 bridgehead atoms. The third-order valence-electron chi connectivity index (χ3n) is 0.486. The van der Waals surface area contributed by atoms with Gasteiger partial charge in [-0.2, -0.15) is 0 Å². The summed E-state index contributed by atoms with van der Waals surface area (Å²) >= 11 is 2.01. The van der Waals surface area contributed by atoms with Crippen molar-refractivity contribution in [2.75, 3.05) is 0 Å². The molecule has 8 heavy (non-hydrogen) atoms. The minimum Gasteiger partial charge on any atom is -0.393 e. The zero-order chi connectivity index (χ0) is 6.41. The van der Waals surface area contributed by atoms with E-state index in [9.17, 15) is 0 Å². The predicted octanol–water partition coefficient (Wildman–Crippen LogP) is 1.66. The highest BCUT2D eigenvalue weighted by atomic mass is 127. The fraction of sp³-hybridized carbons (Fsp3) is 0.400.